The van der Waals surface area contributed by atoms with Crippen LogP contribution in [0.2, 0.25) is 0 Å². The molecule has 6 heteroatoms. The molecule has 0 spiro atoms. The lowest BCUT2D eigenvalue weighted by molar-refractivity contribution is -0.121. The van der Waals surface area contributed by atoms with Crippen LogP contribution >= 0.6 is 0 Å². The average Bonchev–Trinajstić information content (AvgIpc) is 2.97. The van der Waals surface area contributed by atoms with Crippen LogP contribution in [0.1, 0.15) is 24.8 Å². The Balaban J connectivity index is 1.73. The van der Waals surface area contributed by atoms with Gasteiger partial charge in [0.25, 0.3) is 0 Å². The number of carbonyl (C=O) groups excluding carboxylic acids is 1. The van der Waals surface area contributed by atoms with Gasteiger partial charge in [0, 0.05) is 32.4 Å². The van der Waals surface area contributed by atoms with Gasteiger partial charge in [-0.3, -0.25) is 4.79 Å². The van der Waals surface area contributed by atoms with Gasteiger partial charge in [0.15, 0.2) is 0 Å². The summed E-state index contributed by atoms with van der Waals surface area (Å²) in [5, 5.41) is 7.49. The van der Waals surface area contributed by atoms with Crippen molar-refractivity contribution in [2.75, 3.05) is 43.7 Å². The van der Waals surface area contributed by atoms with E-state index in [-0.39, 0.29) is 12.5 Å². The van der Waals surface area contributed by atoms with E-state index in [0.717, 1.165) is 24.3 Å². The number of aryl methyl sites for hydroxylation is 1. The molecule has 2 heterocycles. The van der Waals surface area contributed by atoms with E-state index in [1.54, 1.807) is 0 Å². The molecule has 3 N–H and O–H groups in total. The highest BCUT2D eigenvalue weighted by atomic mass is 16.5. The zero-order chi connectivity index (χ0) is 16.4. The highest BCUT2D eigenvalue weighted by Gasteiger charge is 2.38. The molecule has 0 saturated carbocycles. The van der Waals surface area contributed by atoms with Crippen molar-refractivity contribution in [2.45, 2.75) is 31.7 Å². The normalized spacial score (nSPS) is 25.6. The number of nitrogens with one attached hydrogen (secondary N) is 1. The zero-order valence-electron chi connectivity index (χ0n) is 14.0. The second-order valence-corrected chi connectivity index (χ2v) is 6.63. The van der Waals surface area contributed by atoms with E-state index in [9.17, 15) is 4.79 Å². The van der Waals surface area contributed by atoms with Crippen LogP contribution in [-0.4, -0.2) is 49.8 Å². The van der Waals surface area contributed by atoms with E-state index in [0.29, 0.717) is 13.0 Å². The highest BCUT2D eigenvalue weighted by molar-refractivity contribution is 5.98. The third-order valence-corrected chi connectivity index (χ3v) is 4.75. The number of hydrogen-bond acceptors (Lipinski definition) is 5. The second kappa shape index (κ2) is 6.47. The SMILES string of the molecule is Cc1cc(NC(=O)C2(N)CCOC2)ccc1N1CCCCN1C. The van der Waals surface area contributed by atoms with Crippen LogP contribution in [0.4, 0.5) is 11.4 Å². The molecule has 3 rings (SSSR count). The maximum absolute atomic E-state index is 12.4. The molecule has 0 aromatic heterocycles. The first-order chi connectivity index (χ1) is 11.0. The summed E-state index contributed by atoms with van der Waals surface area (Å²) in [6.45, 7) is 5.02. The molecule has 0 bridgehead atoms. The Morgan fingerprint density at radius 1 is 1.35 bits per heavy atom. The van der Waals surface area contributed by atoms with Gasteiger partial charge in [-0.05, 0) is 49.9 Å². The molecule has 1 aromatic rings. The quantitative estimate of drug-likeness (QED) is 0.884. The van der Waals surface area contributed by atoms with E-state index < -0.39 is 5.54 Å². The standard InChI is InChI=1S/C17H26N4O2/c1-13-11-14(19-16(22)17(18)7-10-23-12-17)5-6-15(13)21-9-4-3-8-20(21)2/h5-6,11H,3-4,7-10,12,18H2,1-2H3,(H,19,22). The molecule has 0 radical (unpaired) electrons. The van der Waals surface area contributed by atoms with Crippen molar-refractivity contribution in [3.63, 3.8) is 0 Å². The molecule has 6 nitrogen and oxygen atoms in total. The number of nitrogens with zero attached hydrogens (tertiary/aromatic N) is 2. The molecular weight excluding hydrogens is 292 g/mol. The minimum atomic E-state index is -0.903. The number of benzene rings is 1. The van der Waals surface area contributed by atoms with Gasteiger partial charge < -0.3 is 20.8 Å². The minimum absolute atomic E-state index is 0.169. The van der Waals surface area contributed by atoms with Crippen molar-refractivity contribution in [1.82, 2.24) is 5.01 Å². The molecule has 1 unspecified atom stereocenters. The van der Waals surface area contributed by atoms with Crippen molar-refractivity contribution < 1.29 is 9.53 Å². The Hall–Kier alpha value is -1.63. The van der Waals surface area contributed by atoms with Crippen molar-refractivity contribution in [1.29, 1.82) is 0 Å². The van der Waals surface area contributed by atoms with Crippen molar-refractivity contribution in [3.05, 3.63) is 23.8 Å². The first-order valence-electron chi connectivity index (χ1n) is 8.27. The van der Waals surface area contributed by atoms with Gasteiger partial charge in [0.05, 0.1) is 12.3 Å². The Bertz CT molecular complexity index is 584. The van der Waals surface area contributed by atoms with Crippen LogP contribution in [0.3, 0.4) is 0 Å². The summed E-state index contributed by atoms with van der Waals surface area (Å²) in [7, 11) is 2.12. The number of amides is 1. The van der Waals surface area contributed by atoms with Crippen LogP contribution in [0, 0.1) is 6.92 Å². The lowest BCUT2D eigenvalue weighted by Crippen LogP contribution is -2.51. The average molecular weight is 318 g/mol. The molecule has 0 aliphatic carbocycles. The number of nitrogens with two attached hydrogens (primary N) is 1. The molecule has 2 aliphatic heterocycles. The second-order valence-electron chi connectivity index (χ2n) is 6.63. The predicted octanol–water partition coefficient (Wildman–Crippen LogP) is 1.50. The number of ether oxygens (including phenoxy) is 1. The number of rotatable bonds is 3. The maximum Gasteiger partial charge on any atom is 0.246 e. The van der Waals surface area contributed by atoms with E-state index in [2.05, 4.69) is 35.4 Å². The molecule has 23 heavy (non-hydrogen) atoms. The number of carbonyl (C=O) groups is 1. The number of anilines is 2. The summed E-state index contributed by atoms with van der Waals surface area (Å²) in [4.78, 5) is 12.4. The van der Waals surface area contributed by atoms with Crippen molar-refractivity contribution in [2.24, 2.45) is 5.73 Å². The van der Waals surface area contributed by atoms with E-state index in [1.807, 2.05) is 12.1 Å². The van der Waals surface area contributed by atoms with Crippen LogP contribution in [0.15, 0.2) is 18.2 Å². The fourth-order valence-electron chi connectivity index (χ4n) is 3.24. The van der Waals surface area contributed by atoms with Gasteiger partial charge in [0.2, 0.25) is 5.91 Å². The lowest BCUT2D eigenvalue weighted by atomic mass is 9.99. The number of hydrazine groups is 1. The molecule has 1 amide bonds. The van der Waals surface area contributed by atoms with E-state index in [4.69, 9.17) is 10.5 Å². The molecular formula is C17H26N4O2. The fraction of sp³-hybridized carbons (Fsp3) is 0.588. The first kappa shape index (κ1) is 16.2. The highest BCUT2D eigenvalue weighted by Crippen LogP contribution is 2.27. The van der Waals surface area contributed by atoms with E-state index >= 15 is 0 Å². The Morgan fingerprint density at radius 2 is 2.13 bits per heavy atom. The van der Waals surface area contributed by atoms with Gasteiger partial charge >= 0.3 is 0 Å². The molecule has 126 valence electrons. The summed E-state index contributed by atoms with van der Waals surface area (Å²) < 4.78 is 5.25. The third-order valence-electron chi connectivity index (χ3n) is 4.75. The van der Waals surface area contributed by atoms with Crippen LogP contribution < -0.4 is 16.1 Å². The Morgan fingerprint density at radius 3 is 2.78 bits per heavy atom. The lowest BCUT2D eigenvalue weighted by Gasteiger charge is -2.38. The summed E-state index contributed by atoms with van der Waals surface area (Å²) in [5.74, 6) is -0.169. The summed E-state index contributed by atoms with van der Waals surface area (Å²) in [6, 6.07) is 6.03. The minimum Gasteiger partial charge on any atom is -0.379 e. The van der Waals surface area contributed by atoms with Crippen LogP contribution in [0.5, 0.6) is 0 Å². The van der Waals surface area contributed by atoms with Gasteiger partial charge in [-0.1, -0.05) is 0 Å². The largest absolute Gasteiger partial charge is 0.379 e. The zero-order valence-corrected chi connectivity index (χ0v) is 14.0. The van der Waals surface area contributed by atoms with Crippen LogP contribution in [0.25, 0.3) is 0 Å². The van der Waals surface area contributed by atoms with E-state index in [1.165, 1.54) is 18.5 Å². The van der Waals surface area contributed by atoms with Crippen molar-refractivity contribution >= 4 is 17.3 Å². The Labute approximate surface area is 137 Å². The molecule has 1 aromatic carbocycles. The predicted molar refractivity (Wildman–Crippen MR) is 91.4 cm³/mol. The summed E-state index contributed by atoms with van der Waals surface area (Å²) in [6.07, 6.45) is 3.01. The Kier molecular flexibility index (Phi) is 4.57. The van der Waals surface area contributed by atoms with Crippen LogP contribution in [-0.2, 0) is 9.53 Å². The molecule has 1 atom stereocenters. The molecule has 2 fully saturated rings. The third kappa shape index (κ3) is 3.34. The summed E-state index contributed by atoms with van der Waals surface area (Å²) >= 11 is 0. The van der Waals surface area contributed by atoms with Crippen molar-refractivity contribution in [3.8, 4) is 0 Å². The van der Waals surface area contributed by atoms with Gasteiger partial charge in [-0.15, -0.1) is 0 Å². The first-order valence-corrected chi connectivity index (χ1v) is 8.27. The smallest absolute Gasteiger partial charge is 0.246 e. The summed E-state index contributed by atoms with van der Waals surface area (Å²) in [5.41, 5.74) is 8.32. The maximum atomic E-state index is 12.4. The topological polar surface area (TPSA) is 70.8 Å². The molecule has 2 aliphatic rings. The molecule has 2 saturated heterocycles. The fourth-order valence-corrected chi connectivity index (χ4v) is 3.24. The van der Waals surface area contributed by atoms with Gasteiger partial charge in [-0.25, -0.2) is 5.01 Å². The van der Waals surface area contributed by atoms with Gasteiger partial charge in [-0.2, -0.15) is 0 Å². The van der Waals surface area contributed by atoms with Gasteiger partial charge in [0.1, 0.15) is 5.54 Å². The number of hydrogen-bond donors (Lipinski definition) is 2. The monoisotopic (exact) mass is 318 g/mol.